The van der Waals surface area contributed by atoms with Crippen molar-refractivity contribution in [3.63, 3.8) is 0 Å². The third-order valence-corrected chi connectivity index (χ3v) is 16.4. The van der Waals surface area contributed by atoms with Crippen LogP contribution in [0.15, 0.2) is 107 Å². The molecule has 92 heavy (non-hydrogen) atoms. The lowest BCUT2D eigenvalue weighted by Crippen LogP contribution is -2.17. The molecular formula is C68H96F6N4O12S2. The van der Waals surface area contributed by atoms with Crippen molar-refractivity contribution in [3.8, 4) is 11.5 Å². The summed E-state index contributed by atoms with van der Waals surface area (Å²) in [6.45, 7) is 8.90. The molecule has 0 spiro atoms. The summed E-state index contributed by atoms with van der Waals surface area (Å²) in [7, 11) is 4.11. The molecule has 0 radical (unpaired) electrons. The summed E-state index contributed by atoms with van der Waals surface area (Å²) in [4.78, 5) is 24.7. The molecule has 0 saturated carbocycles. The number of carbonyl (C=O) groups is 2. The van der Waals surface area contributed by atoms with Crippen molar-refractivity contribution in [1.29, 1.82) is 0 Å². The molecule has 16 nitrogen and oxygen atoms in total. The van der Waals surface area contributed by atoms with Gasteiger partial charge in [-0.25, -0.2) is 10.9 Å². The summed E-state index contributed by atoms with van der Waals surface area (Å²) in [5.41, 5.74) is 4.71. The Morgan fingerprint density at radius 2 is 0.576 bits per heavy atom. The molecule has 4 aromatic carbocycles. The summed E-state index contributed by atoms with van der Waals surface area (Å²) in [6, 6.07) is 21.8. The van der Waals surface area contributed by atoms with E-state index in [4.69, 9.17) is 47.4 Å². The number of nitrogens with zero attached hydrogens (tertiary/aromatic N) is 2. The van der Waals surface area contributed by atoms with Gasteiger partial charge >= 0.3 is 12.4 Å². The number of hydrogen-bond donors (Lipinski definition) is 2. The van der Waals surface area contributed by atoms with Crippen molar-refractivity contribution in [2.24, 2.45) is 10.2 Å². The molecule has 0 heterocycles. The van der Waals surface area contributed by atoms with Crippen LogP contribution < -0.4 is 20.3 Å². The van der Waals surface area contributed by atoms with Gasteiger partial charge in [0.25, 0.3) is 11.8 Å². The average molecular weight is 1340 g/mol. The zero-order chi connectivity index (χ0) is 65.7. The van der Waals surface area contributed by atoms with Crippen molar-refractivity contribution in [1.82, 2.24) is 10.9 Å². The summed E-state index contributed by atoms with van der Waals surface area (Å²) in [5.74, 6) is 2.73. The molecule has 0 fully saturated rings. The first-order valence-electron chi connectivity index (χ1n) is 32.2. The van der Waals surface area contributed by atoms with Crippen LogP contribution >= 0.6 is 21.6 Å². The Bertz CT molecular complexity index is 2350. The van der Waals surface area contributed by atoms with E-state index >= 15 is 0 Å². The third-order valence-electron chi connectivity index (χ3n) is 13.8. The summed E-state index contributed by atoms with van der Waals surface area (Å²) in [5, 5.41) is 7.62. The smallest absolute Gasteiger partial charge is 0.416 e. The number of ether oxygens (including phenoxy) is 10. The zero-order valence-electron chi connectivity index (χ0n) is 53.1. The monoisotopic (exact) mass is 1340 g/mol. The van der Waals surface area contributed by atoms with Gasteiger partial charge in [-0.15, -0.1) is 0 Å². The molecular weight excluding hydrogens is 1240 g/mol. The van der Waals surface area contributed by atoms with Crippen LogP contribution in [0.2, 0.25) is 0 Å². The second-order valence-corrected chi connectivity index (χ2v) is 24.0. The molecule has 0 aliphatic carbocycles. The standard InChI is InChI=1S/C68H96F6N4O12S2/c69-67(70,71)61-27-19-57(20-28-61)55-75-77-65(79)59-23-31-63(32-24-59)89-51-49-87-47-45-85-43-41-83-39-37-81-35-15-11-7-3-1-5-9-13-17-53-91-92-54-18-14-10-6-2-4-8-12-16-36-82-38-40-84-42-44-86-46-48-88-50-52-90-64-33-25-60(26-34-64)66(80)78-76-56-58-21-29-62(30-22-58)68(72,73)74/h19-34,55-56H,1-18,35-54H2,(H,77,79)(H,78,80)/b75-55+,76-56+. The lowest BCUT2D eigenvalue weighted by molar-refractivity contribution is -0.138. The summed E-state index contributed by atoms with van der Waals surface area (Å²) < 4.78 is 132. The summed E-state index contributed by atoms with van der Waals surface area (Å²) >= 11 is 0. The molecule has 4 aromatic rings. The fourth-order valence-corrected chi connectivity index (χ4v) is 11.0. The summed E-state index contributed by atoms with van der Waals surface area (Å²) in [6.07, 6.45) is 16.8. The van der Waals surface area contributed by atoms with E-state index < -0.39 is 35.3 Å². The minimum Gasteiger partial charge on any atom is -0.491 e. The zero-order valence-corrected chi connectivity index (χ0v) is 54.8. The maximum atomic E-state index is 12.7. The number of rotatable bonds is 57. The number of hydrazone groups is 2. The Kier molecular flexibility index (Phi) is 44.8. The molecule has 2 N–H and O–H groups in total. The molecule has 514 valence electrons. The van der Waals surface area contributed by atoms with E-state index in [0.29, 0.717) is 139 Å². The third kappa shape index (κ3) is 41.4. The van der Waals surface area contributed by atoms with E-state index in [1.54, 1.807) is 48.5 Å². The Balaban J connectivity index is 0.745. The van der Waals surface area contributed by atoms with Gasteiger partial charge in [-0.05, 0) is 110 Å². The van der Waals surface area contributed by atoms with Gasteiger partial charge in [0.15, 0.2) is 0 Å². The van der Waals surface area contributed by atoms with Crippen LogP contribution in [0, 0.1) is 0 Å². The second-order valence-electron chi connectivity index (χ2n) is 21.3. The van der Waals surface area contributed by atoms with Gasteiger partial charge in [0.1, 0.15) is 24.7 Å². The van der Waals surface area contributed by atoms with Gasteiger partial charge in [-0.2, -0.15) is 36.5 Å². The van der Waals surface area contributed by atoms with Gasteiger partial charge in [-0.3, -0.25) is 9.59 Å². The van der Waals surface area contributed by atoms with Crippen LogP contribution in [-0.2, 0) is 50.2 Å². The minimum atomic E-state index is -4.42. The van der Waals surface area contributed by atoms with Crippen molar-refractivity contribution in [3.05, 3.63) is 130 Å². The van der Waals surface area contributed by atoms with Crippen molar-refractivity contribution in [2.45, 2.75) is 128 Å². The normalized spacial score (nSPS) is 11.9. The molecule has 0 aliphatic rings. The quantitative estimate of drug-likeness (QED) is 0.0140. The Labute approximate surface area is 548 Å². The highest BCUT2D eigenvalue weighted by Crippen LogP contribution is 2.30. The maximum absolute atomic E-state index is 12.7. The lowest BCUT2D eigenvalue weighted by atomic mass is 10.1. The highest BCUT2D eigenvalue weighted by Gasteiger charge is 2.30. The number of alkyl halides is 6. The molecule has 0 aromatic heterocycles. The van der Waals surface area contributed by atoms with Crippen molar-refractivity contribution in [2.75, 3.05) is 130 Å². The molecule has 4 rings (SSSR count). The van der Waals surface area contributed by atoms with E-state index in [0.717, 1.165) is 50.3 Å². The van der Waals surface area contributed by atoms with E-state index in [1.165, 1.54) is 151 Å². The topological polar surface area (TPSA) is 175 Å². The number of amides is 2. The van der Waals surface area contributed by atoms with Gasteiger partial charge in [0, 0.05) is 35.8 Å². The molecule has 0 bridgehead atoms. The second kappa shape index (κ2) is 52.1. The largest absolute Gasteiger partial charge is 0.491 e. The number of carbonyl (C=O) groups excluding carboxylic acids is 2. The lowest BCUT2D eigenvalue weighted by Gasteiger charge is -2.09. The molecule has 24 heteroatoms. The molecule has 0 aliphatic heterocycles. The fourth-order valence-electron chi connectivity index (χ4n) is 8.66. The van der Waals surface area contributed by atoms with Crippen molar-refractivity contribution >= 4 is 45.8 Å². The first kappa shape index (κ1) is 79.2. The molecule has 0 unspecified atom stereocenters. The highest BCUT2D eigenvalue weighted by molar-refractivity contribution is 8.76. The molecule has 2 amide bonds. The van der Waals surface area contributed by atoms with Gasteiger partial charge in [0.05, 0.1) is 116 Å². The number of hydrogen-bond acceptors (Lipinski definition) is 16. The van der Waals surface area contributed by atoms with Gasteiger partial charge in [-0.1, -0.05) is 136 Å². The van der Waals surface area contributed by atoms with Crippen LogP contribution in [0.3, 0.4) is 0 Å². The predicted molar refractivity (Wildman–Crippen MR) is 351 cm³/mol. The van der Waals surface area contributed by atoms with Crippen molar-refractivity contribution < 1.29 is 83.3 Å². The first-order valence-corrected chi connectivity index (χ1v) is 34.7. The van der Waals surface area contributed by atoms with E-state index in [1.807, 2.05) is 0 Å². The van der Waals surface area contributed by atoms with Crippen LogP contribution in [0.1, 0.15) is 159 Å². The van der Waals surface area contributed by atoms with E-state index in [9.17, 15) is 35.9 Å². The Morgan fingerprint density at radius 1 is 0.326 bits per heavy atom. The average Bonchev–Trinajstić information content (AvgIpc) is 1.32. The number of benzene rings is 4. The van der Waals surface area contributed by atoms with E-state index in [2.05, 4.69) is 42.6 Å². The first-order chi connectivity index (χ1) is 44.9. The number of nitrogens with one attached hydrogen (secondary N) is 2. The van der Waals surface area contributed by atoms with E-state index in [-0.39, 0.29) is 0 Å². The maximum Gasteiger partial charge on any atom is 0.416 e. The Morgan fingerprint density at radius 3 is 0.859 bits per heavy atom. The van der Waals surface area contributed by atoms with Crippen LogP contribution in [0.25, 0.3) is 0 Å². The van der Waals surface area contributed by atoms with Crippen LogP contribution in [0.5, 0.6) is 11.5 Å². The van der Waals surface area contributed by atoms with Crippen LogP contribution in [0.4, 0.5) is 26.3 Å². The SMILES string of the molecule is O=C(N/N=C/c1ccc(C(F)(F)F)cc1)c1ccc(OCCOCCOCCOCCOCCCCCCCCCCCSSCCCCCCCCCCCOCCOCCOCCOCCOc2ccc(C(=O)N/N=C/c3ccc(C(F)(F)F)cc3)cc2)cc1. The fraction of sp³-hybridized carbons (Fsp3) is 0.588. The molecule has 0 saturated heterocycles. The predicted octanol–water partition coefficient (Wildman–Crippen LogP) is 15.2. The number of halogens is 6. The number of unbranched alkanes of at least 4 members (excludes halogenated alkanes) is 16. The molecule has 0 atom stereocenters. The van der Waals surface area contributed by atoms with Gasteiger partial charge in [0.2, 0.25) is 0 Å². The Hall–Kier alpha value is -5.28. The minimum absolute atomic E-state index is 0.323. The van der Waals surface area contributed by atoms with Crippen LogP contribution in [-0.4, -0.2) is 155 Å². The van der Waals surface area contributed by atoms with Gasteiger partial charge < -0.3 is 47.4 Å². The highest BCUT2D eigenvalue weighted by atomic mass is 33.1.